The lowest BCUT2D eigenvalue weighted by atomic mass is 10.2. The van der Waals surface area contributed by atoms with Gasteiger partial charge in [-0.2, -0.15) is 0 Å². The van der Waals surface area contributed by atoms with Crippen LogP contribution in [0.3, 0.4) is 0 Å². The molecule has 0 unspecified atom stereocenters. The van der Waals surface area contributed by atoms with Crippen molar-refractivity contribution in [2.24, 2.45) is 0 Å². The number of para-hydroxylation sites is 1. The number of amides is 3. The molecule has 0 fully saturated rings. The van der Waals surface area contributed by atoms with Gasteiger partial charge in [-0.3, -0.25) is 9.69 Å². The summed E-state index contributed by atoms with van der Waals surface area (Å²) in [5.74, 6) is 0.254. The van der Waals surface area contributed by atoms with Gasteiger partial charge in [0.2, 0.25) is 0 Å². The molecule has 0 saturated heterocycles. The van der Waals surface area contributed by atoms with Gasteiger partial charge in [-0.05, 0) is 17.7 Å². The molecule has 124 valence electrons. The maximum atomic E-state index is 12.1. The van der Waals surface area contributed by atoms with Gasteiger partial charge in [-0.25, -0.2) is 4.79 Å². The molecule has 0 aromatic heterocycles. The van der Waals surface area contributed by atoms with Crippen LogP contribution in [0.4, 0.5) is 4.79 Å². The van der Waals surface area contributed by atoms with E-state index >= 15 is 0 Å². The van der Waals surface area contributed by atoms with Gasteiger partial charge in [0.15, 0.2) is 0 Å². The molecule has 0 spiro atoms. The van der Waals surface area contributed by atoms with Crippen molar-refractivity contribution >= 4 is 18.0 Å². The smallest absolute Gasteiger partial charge is 0.324 e. The number of nitrogens with one attached hydrogen (secondary N) is 1. The van der Waals surface area contributed by atoms with Crippen molar-refractivity contribution in [2.45, 2.75) is 6.54 Å². The number of hydrogen-bond acceptors (Lipinski definition) is 3. The van der Waals surface area contributed by atoms with Crippen molar-refractivity contribution in [1.29, 1.82) is 0 Å². The van der Waals surface area contributed by atoms with Crippen molar-refractivity contribution in [3.8, 4) is 5.75 Å². The summed E-state index contributed by atoms with van der Waals surface area (Å²) in [5, 5.41) is 2.71. The van der Waals surface area contributed by atoms with Crippen LogP contribution in [0.1, 0.15) is 11.1 Å². The predicted octanol–water partition coefficient (Wildman–Crippen LogP) is 3.08. The minimum absolute atomic E-state index is 0.369. The lowest BCUT2D eigenvalue weighted by Crippen LogP contribution is -2.39. The van der Waals surface area contributed by atoms with Gasteiger partial charge in [0.25, 0.3) is 5.91 Å². The number of carbonyl (C=O) groups is 2. The fourth-order valence-electron chi connectivity index (χ4n) is 2.07. The highest BCUT2D eigenvalue weighted by atomic mass is 16.5. The molecule has 5 nitrogen and oxygen atoms in total. The Morgan fingerprint density at radius 1 is 1.08 bits per heavy atom. The number of rotatable bonds is 5. The molecule has 0 aliphatic rings. The maximum Gasteiger partial charge on any atom is 0.324 e. The van der Waals surface area contributed by atoms with E-state index in [1.165, 1.54) is 13.1 Å². The molecule has 0 saturated carbocycles. The lowest BCUT2D eigenvalue weighted by Gasteiger charge is -2.14. The third-order valence-corrected chi connectivity index (χ3v) is 3.47. The summed E-state index contributed by atoms with van der Waals surface area (Å²) in [6.45, 7) is 0.369. The van der Waals surface area contributed by atoms with Crippen molar-refractivity contribution in [1.82, 2.24) is 10.2 Å². The minimum atomic E-state index is -0.450. The number of benzene rings is 2. The zero-order valence-electron chi connectivity index (χ0n) is 13.7. The van der Waals surface area contributed by atoms with E-state index in [4.69, 9.17) is 4.74 Å². The molecule has 0 atom stereocenters. The minimum Gasteiger partial charge on any atom is -0.496 e. The van der Waals surface area contributed by atoms with Crippen LogP contribution >= 0.6 is 0 Å². The molecule has 5 heteroatoms. The summed E-state index contributed by atoms with van der Waals surface area (Å²) in [6, 6.07) is 16.4. The third-order valence-electron chi connectivity index (χ3n) is 3.47. The largest absolute Gasteiger partial charge is 0.496 e. The summed E-state index contributed by atoms with van der Waals surface area (Å²) in [5.41, 5.74) is 1.74. The average molecular weight is 324 g/mol. The van der Waals surface area contributed by atoms with Gasteiger partial charge < -0.3 is 10.1 Å². The standard InChI is InChI=1S/C19H20N2O3/c1-21(19(23)20-14-15-8-4-3-5-9-15)18(22)13-12-16-10-6-7-11-17(16)24-2/h3-13H,14H2,1-2H3,(H,20,23). The first-order valence-electron chi connectivity index (χ1n) is 7.52. The van der Waals surface area contributed by atoms with E-state index in [9.17, 15) is 9.59 Å². The molecule has 24 heavy (non-hydrogen) atoms. The predicted molar refractivity (Wildman–Crippen MR) is 93.5 cm³/mol. The number of likely N-dealkylation sites (N-methyl/N-ethyl adjacent to an activating group) is 1. The van der Waals surface area contributed by atoms with E-state index in [-0.39, 0.29) is 0 Å². The zero-order valence-corrected chi connectivity index (χ0v) is 13.7. The van der Waals surface area contributed by atoms with Crippen LogP contribution in [-0.2, 0) is 11.3 Å². The van der Waals surface area contributed by atoms with Crippen LogP contribution < -0.4 is 10.1 Å². The number of ether oxygens (including phenoxy) is 1. The molecule has 2 aromatic rings. The van der Waals surface area contributed by atoms with Crippen LogP contribution in [0, 0.1) is 0 Å². The summed E-state index contributed by atoms with van der Waals surface area (Å²) in [4.78, 5) is 25.2. The molecule has 0 aliphatic heterocycles. The first-order chi connectivity index (χ1) is 11.6. The van der Waals surface area contributed by atoms with E-state index in [2.05, 4.69) is 5.32 Å². The SMILES string of the molecule is COc1ccccc1C=CC(=O)N(C)C(=O)NCc1ccccc1. The molecule has 0 radical (unpaired) electrons. The van der Waals surface area contributed by atoms with Gasteiger partial charge in [-0.15, -0.1) is 0 Å². The Morgan fingerprint density at radius 3 is 2.46 bits per heavy atom. The molecule has 3 amide bonds. The highest BCUT2D eigenvalue weighted by molar-refractivity contribution is 6.02. The summed E-state index contributed by atoms with van der Waals surface area (Å²) < 4.78 is 5.22. The number of urea groups is 1. The Morgan fingerprint density at radius 2 is 1.75 bits per heavy atom. The fourth-order valence-corrected chi connectivity index (χ4v) is 2.07. The Balaban J connectivity index is 1.93. The number of hydrogen-bond donors (Lipinski definition) is 1. The third kappa shape index (κ3) is 4.71. The lowest BCUT2D eigenvalue weighted by molar-refractivity contribution is -0.122. The maximum absolute atomic E-state index is 12.1. The van der Waals surface area contributed by atoms with E-state index in [1.54, 1.807) is 19.3 Å². The number of nitrogens with zero attached hydrogens (tertiary/aromatic N) is 1. The van der Waals surface area contributed by atoms with Gasteiger partial charge in [0.05, 0.1) is 7.11 Å². The van der Waals surface area contributed by atoms with Crippen LogP contribution in [0.2, 0.25) is 0 Å². The molecular formula is C19H20N2O3. The van der Waals surface area contributed by atoms with Gasteiger partial charge in [0.1, 0.15) is 5.75 Å². The quantitative estimate of drug-likeness (QED) is 0.860. The second-order valence-electron chi connectivity index (χ2n) is 5.12. The normalized spacial score (nSPS) is 10.4. The topological polar surface area (TPSA) is 58.6 Å². The highest BCUT2D eigenvalue weighted by Crippen LogP contribution is 2.18. The van der Waals surface area contributed by atoms with Crippen LogP contribution in [0.15, 0.2) is 60.7 Å². The van der Waals surface area contributed by atoms with Crippen molar-refractivity contribution in [3.05, 3.63) is 71.8 Å². The van der Waals surface area contributed by atoms with Crippen molar-refractivity contribution < 1.29 is 14.3 Å². The number of methoxy groups -OCH3 is 1. The molecule has 2 rings (SSSR count). The molecule has 0 heterocycles. The average Bonchev–Trinajstić information content (AvgIpc) is 2.64. The summed E-state index contributed by atoms with van der Waals surface area (Å²) in [6.07, 6.45) is 2.97. The molecule has 2 aromatic carbocycles. The first kappa shape index (κ1) is 17.3. The van der Waals surface area contributed by atoms with Crippen molar-refractivity contribution in [3.63, 3.8) is 0 Å². The fraction of sp³-hybridized carbons (Fsp3) is 0.158. The Bertz CT molecular complexity index is 726. The molecule has 1 N–H and O–H groups in total. The van der Waals surface area contributed by atoms with E-state index in [0.717, 1.165) is 16.0 Å². The van der Waals surface area contributed by atoms with E-state index < -0.39 is 11.9 Å². The zero-order chi connectivity index (χ0) is 17.4. The number of carbonyl (C=O) groups excluding carboxylic acids is 2. The first-order valence-corrected chi connectivity index (χ1v) is 7.52. The van der Waals surface area contributed by atoms with Gasteiger partial charge >= 0.3 is 6.03 Å². The molecular weight excluding hydrogens is 304 g/mol. The Labute approximate surface area is 141 Å². The molecule has 0 aliphatic carbocycles. The number of imide groups is 1. The van der Waals surface area contributed by atoms with Crippen molar-refractivity contribution in [2.75, 3.05) is 14.2 Å². The summed E-state index contributed by atoms with van der Waals surface area (Å²) in [7, 11) is 3.01. The highest BCUT2D eigenvalue weighted by Gasteiger charge is 2.13. The van der Waals surface area contributed by atoms with Crippen LogP contribution in [0.25, 0.3) is 6.08 Å². The van der Waals surface area contributed by atoms with Gasteiger partial charge in [0, 0.05) is 25.2 Å². The second kappa shape index (κ2) is 8.53. The second-order valence-corrected chi connectivity index (χ2v) is 5.12. The monoisotopic (exact) mass is 324 g/mol. The Kier molecular flexibility index (Phi) is 6.14. The van der Waals surface area contributed by atoms with E-state index in [1.807, 2.05) is 48.5 Å². The molecule has 0 bridgehead atoms. The van der Waals surface area contributed by atoms with Gasteiger partial charge in [-0.1, -0.05) is 48.5 Å². The van der Waals surface area contributed by atoms with Crippen LogP contribution in [0.5, 0.6) is 5.75 Å². The van der Waals surface area contributed by atoms with E-state index in [0.29, 0.717) is 12.3 Å². The van der Waals surface area contributed by atoms with Crippen LogP contribution in [-0.4, -0.2) is 31.0 Å². The Hall–Kier alpha value is -3.08. The summed E-state index contributed by atoms with van der Waals surface area (Å²) >= 11 is 0.